The van der Waals surface area contributed by atoms with Crippen LogP contribution in [0.2, 0.25) is 0 Å². The Morgan fingerprint density at radius 1 is 1.31 bits per heavy atom. The van der Waals surface area contributed by atoms with Crippen LogP contribution in [0.15, 0.2) is 12.4 Å². The maximum absolute atomic E-state index is 12.8. The Bertz CT molecular complexity index is 304. The Hall–Kier alpha value is -1.19. The molecule has 1 N–H and O–H groups in total. The topological polar surface area (TPSA) is 37.8 Å². The van der Waals surface area contributed by atoms with Crippen LogP contribution in [-0.4, -0.2) is 16.0 Å². The molecule has 0 spiro atoms. The minimum Gasteiger partial charge on any atom is -0.367 e. The summed E-state index contributed by atoms with van der Waals surface area (Å²) in [5, 5.41) is 3.17. The van der Waals surface area contributed by atoms with E-state index in [1.165, 1.54) is 38.1 Å². The Balaban J connectivity index is 2.25. The molecule has 16 heavy (non-hydrogen) atoms. The zero-order chi connectivity index (χ0) is 11.8. The molecule has 0 radical (unpaired) electrons. The van der Waals surface area contributed by atoms with Gasteiger partial charge < -0.3 is 5.32 Å². The fourth-order valence-corrected chi connectivity index (χ4v) is 1.61. The number of hydrogen-bond acceptors (Lipinski definition) is 3. The first-order chi connectivity index (χ1) is 7.72. The van der Waals surface area contributed by atoms with E-state index < -0.39 is 5.95 Å². The van der Waals surface area contributed by atoms with Gasteiger partial charge in [0.05, 0.1) is 0 Å². The van der Waals surface area contributed by atoms with E-state index in [0.717, 1.165) is 6.42 Å². The quantitative estimate of drug-likeness (QED) is 0.571. The minimum atomic E-state index is -0.490. The van der Waals surface area contributed by atoms with Gasteiger partial charge in [0.1, 0.15) is 12.1 Å². The van der Waals surface area contributed by atoms with Gasteiger partial charge in [-0.1, -0.05) is 32.6 Å². The molecule has 0 saturated heterocycles. The van der Waals surface area contributed by atoms with E-state index in [9.17, 15) is 4.39 Å². The normalized spacial score (nSPS) is 12.4. The molecule has 0 fully saturated rings. The van der Waals surface area contributed by atoms with Gasteiger partial charge in [0.15, 0.2) is 0 Å². The fraction of sp³-hybridized carbons (Fsp3) is 0.667. The molecule has 1 unspecified atom stereocenters. The van der Waals surface area contributed by atoms with Gasteiger partial charge in [0.25, 0.3) is 0 Å². The predicted molar refractivity (Wildman–Crippen MR) is 63.8 cm³/mol. The van der Waals surface area contributed by atoms with E-state index in [1.54, 1.807) is 0 Å². The van der Waals surface area contributed by atoms with Crippen LogP contribution < -0.4 is 5.32 Å². The Kier molecular flexibility index (Phi) is 5.75. The average Bonchev–Trinajstić information content (AvgIpc) is 2.24. The summed E-state index contributed by atoms with van der Waals surface area (Å²) in [6.45, 7) is 4.29. The van der Waals surface area contributed by atoms with Gasteiger partial charge in [-0.15, -0.1) is 0 Å². The van der Waals surface area contributed by atoms with E-state index in [2.05, 4.69) is 29.1 Å². The lowest BCUT2D eigenvalue weighted by atomic mass is 10.1. The smallest absolute Gasteiger partial charge is 0.217 e. The van der Waals surface area contributed by atoms with E-state index in [0.29, 0.717) is 11.9 Å². The number of rotatable bonds is 7. The Labute approximate surface area is 96.5 Å². The molecule has 1 aromatic rings. The second kappa shape index (κ2) is 7.14. The monoisotopic (exact) mass is 225 g/mol. The van der Waals surface area contributed by atoms with E-state index >= 15 is 0 Å². The molecular weight excluding hydrogens is 205 g/mol. The molecule has 0 aliphatic rings. The summed E-state index contributed by atoms with van der Waals surface area (Å²) in [6, 6.07) is 1.65. The van der Waals surface area contributed by atoms with Crippen LogP contribution in [0.1, 0.15) is 46.0 Å². The van der Waals surface area contributed by atoms with Crippen molar-refractivity contribution in [3.63, 3.8) is 0 Å². The highest BCUT2D eigenvalue weighted by Crippen LogP contribution is 2.10. The van der Waals surface area contributed by atoms with Gasteiger partial charge in [-0.2, -0.15) is 4.39 Å². The predicted octanol–water partition coefficient (Wildman–Crippen LogP) is 3.39. The number of nitrogens with one attached hydrogen (secondary N) is 1. The van der Waals surface area contributed by atoms with Crippen LogP contribution in [0.25, 0.3) is 0 Å². The summed E-state index contributed by atoms with van der Waals surface area (Å²) in [5.41, 5.74) is 0. The van der Waals surface area contributed by atoms with Crippen LogP contribution in [-0.2, 0) is 0 Å². The molecule has 0 bridgehead atoms. The van der Waals surface area contributed by atoms with Crippen molar-refractivity contribution in [2.24, 2.45) is 0 Å². The molecule has 1 heterocycles. The van der Waals surface area contributed by atoms with Crippen molar-refractivity contribution in [3.8, 4) is 0 Å². The zero-order valence-corrected chi connectivity index (χ0v) is 10.0. The van der Waals surface area contributed by atoms with Gasteiger partial charge >= 0.3 is 0 Å². The molecule has 0 aromatic carbocycles. The number of halogens is 1. The van der Waals surface area contributed by atoms with E-state index in [4.69, 9.17) is 0 Å². The number of nitrogens with zero attached hydrogens (tertiary/aromatic N) is 2. The third-order valence-electron chi connectivity index (χ3n) is 2.52. The first kappa shape index (κ1) is 12.9. The number of anilines is 1. The second-order valence-corrected chi connectivity index (χ2v) is 4.12. The van der Waals surface area contributed by atoms with Crippen LogP contribution in [0.3, 0.4) is 0 Å². The lowest BCUT2D eigenvalue weighted by molar-refractivity contribution is 0.575. The Morgan fingerprint density at radius 2 is 2.12 bits per heavy atom. The maximum Gasteiger partial charge on any atom is 0.217 e. The standard InChI is InChI=1S/C12H20FN3/c1-3-4-5-6-7-10(2)16-12-8-11(13)14-9-15-12/h8-10H,3-7H2,1-2H3,(H,14,15,16). The summed E-state index contributed by atoms with van der Waals surface area (Å²) >= 11 is 0. The highest BCUT2D eigenvalue weighted by atomic mass is 19.1. The molecule has 1 atom stereocenters. The molecule has 1 aromatic heterocycles. The van der Waals surface area contributed by atoms with Crippen molar-refractivity contribution in [2.75, 3.05) is 5.32 Å². The third kappa shape index (κ3) is 5.05. The summed E-state index contributed by atoms with van der Waals surface area (Å²) in [4.78, 5) is 7.38. The van der Waals surface area contributed by atoms with Crippen molar-refractivity contribution < 1.29 is 4.39 Å². The molecule has 0 aliphatic heterocycles. The second-order valence-electron chi connectivity index (χ2n) is 4.12. The van der Waals surface area contributed by atoms with Crippen LogP contribution in [0.5, 0.6) is 0 Å². The van der Waals surface area contributed by atoms with Crippen LogP contribution in [0.4, 0.5) is 10.2 Å². The highest BCUT2D eigenvalue weighted by molar-refractivity contribution is 5.33. The minimum absolute atomic E-state index is 0.325. The molecule has 0 aliphatic carbocycles. The fourth-order valence-electron chi connectivity index (χ4n) is 1.61. The number of unbranched alkanes of at least 4 members (excludes halogenated alkanes) is 3. The maximum atomic E-state index is 12.8. The molecule has 90 valence electrons. The first-order valence-corrected chi connectivity index (χ1v) is 5.96. The van der Waals surface area contributed by atoms with Gasteiger partial charge in [-0.05, 0) is 13.3 Å². The highest BCUT2D eigenvalue weighted by Gasteiger charge is 2.03. The summed E-state index contributed by atoms with van der Waals surface area (Å²) in [7, 11) is 0. The Morgan fingerprint density at radius 3 is 2.81 bits per heavy atom. The molecule has 0 saturated carbocycles. The molecule has 3 nitrogen and oxygen atoms in total. The SMILES string of the molecule is CCCCCCC(C)Nc1cc(F)ncn1. The van der Waals surface area contributed by atoms with Gasteiger partial charge in [-0.25, -0.2) is 9.97 Å². The largest absolute Gasteiger partial charge is 0.367 e. The summed E-state index contributed by atoms with van der Waals surface area (Å²) < 4.78 is 12.8. The van der Waals surface area contributed by atoms with Crippen molar-refractivity contribution >= 4 is 5.82 Å². The van der Waals surface area contributed by atoms with Crippen molar-refractivity contribution in [3.05, 3.63) is 18.3 Å². The summed E-state index contributed by atoms with van der Waals surface area (Å²) in [6.07, 6.45) is 7.33. The van der Waals surface area contributed by atoms with E-state index in [1.807, 2.05) is 0 Å². The first-order valence-electron chi connectivity index (χ1n) is 5.96. The van der Waals surface area contributed by atoms with Crippen molar-refractivity contribution in [1.29, 1.82) is 0 Å². The van der Waals surface area contributed by atoms with Crippen LogP contribution in [0, 0.1) is 5.95 Å². The van der Waals surface area contributed by atoms with Gasteiger partial charge in [-0.3, -0.25) is 0 Å². The zero-order valence-electron chi connectivity index (χ0n) is 10.0. The third-order valence-corrected chi connectivity index (χ3v) is 2.52. The van der Waals surface area contributed by atoms with Gasteiger partial charge in [0, 0.05) is 12.1 Å². The van der Waals surface area contributed by atoms with Gasteiger partial charge in [0.2, 0.25) is 5.95 Å². The lowest BCUT2D eigenvalue weighted by Crippen LogP contribution is -2.16. The van der Waals surface area contributed by atoms with Crippen molar-refractivity contribution in [1.82, 2.24) is 9.97 Å². The molecule has 0 amide bonds. The molecule has 1 rings (SSSR count). The lowest BCUT2D eigenvalue weighted by Gasteiger charge is -2.13. The van der Waals surface area contributed by atoms with E-state index in [-0.39, 0.29) is 0 Å². The van der Waals surface area contributed by atoms with Crippen LogP contribution >= 0.6 is 0 Å². The molecule has 4 heteroatoms. The number of aromatic nitrogens is 2. The summed E-state index contributed by atoms with van der Waals surface area (Å²) in [5.74, 6) is 0.0752. The van der Waals surface area contributed by atoms with Crippen molar-refractivity contribution in [2.45, 2.75) is 52.0 Å². The molecular formula is C12H20FN3. The average molecular weight is 225 g/mol. The number of hydrogen-bond donors (Lipinski definition) is 1.